The Balaban J connectivity index is 2.05. The Morgan fingerprint density at radius 3 is 2.62 bits per heavy atom. The molecule has 6 heteroatoms. The summed E-state index contributed by atoms with van der Waals surface area (Å²) in [6, 6.07) is 12.0. The van der Waals surface area contributed by atoms with Crippen LogP contribution in [-0.2, 0) is 4.79 Å². The third-order valence-electron chi connectivity index (χ3n) is 2.51. The first-order chi connectivity index (χ1) is 10.2. The van der Waals surface area contributed by atoms with Gasteiger partial charge in [0.1, 0.15) is 11.6 Å². The molecule has 0 fully saturated rings. The third-order valence-corrected chi connectivity index (χ3v) is 2.76. The van der Waals surface area contributed by atoms with Crippen molar-refractivity contribution in [1.82, 2.24) is 4.98 Å². The fourth-order valence-electron chi connectivity index (χ4n) is 1.48. The van der Waals surface area contributed by atoms with E-state index in [1.54, 1.807) is 48.8 Å². The highest BCUT2D eigenvalue weighted by atomic mass is 35.5. The maximum atomic E-state index is 12.0. The Kier molecular flexibility index (Phi) is 4.91. The van der Waals surface area contributed by atoms with E-state index in [0.717, 1.165) is 0 Å². The monoisotopic (exact) mass is 298 g/mol. The van der Waals surface area contributed by atoms with Crippen LogP contribution in [0.4, 0.5) is 11.4 Å². The normalized spacial score (nSPS) is 10.6. The van der Waals surface area contributed by atoms with E-state index in [1.165, 1.54) is 6.20 Å². The number of rotatable bonds is 4. The van der Waals surface area contributed by atoms with Gasteiger partial charge >= 0.3 is 0 Å². The van der Waals surface area contributed by atoms with Crippen LogP contribution < -0.4 is 10.6 Å². The van der Waals surface area contributed by atoms with Crippen LogP contribution in [0.3, 0.4) is 0 Å². The van der Waals surface area contributed by atoms with Crippen molar-refractivity contribution in [2.75, 3.05) is 10.6 Å². The molecule has 2 rings (SSSR count). The number of carbonyl (C=O) groups excluding carboxylic acids is 1. The molecule has 1 aromatic heterocycles. The van der Waals surface area contributed by atoms with Crippen molar-refractivity contribution < 1.29 is 4.79 Å². The van der Waals surface area contributed by atoms with E-state index < -0.39 is 5.91 Å². The Hall–Kier alpha value is -2.84. The second-order valence-corrected chi connectivity index (χ2v) is 4.45. The third kappa shape index (κ3) is 4.34. The minimum absolute atomic E-state index is 0.0474. The van der Waals surface area contributed by atoms with Gasteiger partial charge in [0.05, 0.1) is 11.9 Å². The zero-order chi connectivity index (χ0) is 15.1. The summed E-state index contributed by atoms with van der Waals surface area (Å²) in [5.41, 5.74) is 1.20. The van der Waals surface area contributed by atoms with E-state index >= 15 is 0 Å². The Bertz CT molecular complexity index is 690. The number of anilines is 2. The molecule has 0 aliphatic rings. The van der Waals surface area contributed by atoms with Gasteiger partial charge in [-0.1, -0.05) is 11.6 Å². The highest BCUT2D eigenvalue weighted by Gasteiger charge is 2.09. The van der Waals surface area contributed by atoms with Crippen molar-refractivity contribution in [3.05, 3.63) is 65.6 Å². The molecule has 2 aromatic rings. The summed E-state index contributed by atoms with van der Waals surface area (Å²) < 4.78 is 0. The van der Waals surface area contributed by atoms with Crippen molar-refractivity contribution in [3.8, 4) is 6.07 Å². The molecule has 0 bridgehead atoms. The Morgan fingerprint density at radius 2 is 2.00 bits per heavy atom. The van der Waals surface area contributed by atoms with Crippen LogP contribution in [0.5, 0.6) is 0 Å². The molecule has 1 heterocycles. The lowest BCUT2D eigenvalue weighted by Gasteiger charge is -2.05. The van der Waals surface area contributed by atoms with Gasteiger partial charge in [0.15, 0.2) is 0 Å². The summed E-state index contributed by atoms with van der Waals surface area (Å²) >= 11 is 5.76. The number of nitrogens with zero attached hydrogens (tertiary/aromatic N) is 2. The van der Waals surface area contributed by atoms with Gasteiger partial charge in [-0.3, -0.25) is 9.78 Å². The lowest BCUT2D eigenvalue weighted by Crippen LogP contribution is -2.14. The number of pyridine rings is 1. The molecule has 0 atom stereocenters. The highest BCUT2D eigenvalue weighted by molar-refractivity contribution is 6.30. The molecule has 104 valence electrons. The summed E-state index contributed by atoms with van der Waals surface area (Å²) in [7, 11) is 0. The van der Waals surface area contributed by atoms with Gasteiger partial charge in [0.2, 0.25) is 0 Å². The van der Waals surface area contributed by atoms with Crippen LogP contribution in [0, 0.1) is 11.3 Å². The number of nitriles is 1. The molecule has 5 nitrogen and oxygen atoms in total. The van der Waals surface area contributed by atoms with E-state index in [-0.39, 0.29) is 5.57 Å². The SMILES string of the molecule is N#C/C(=C/Nc1cccnc1)C(=O)Nc1ccc(Cl)cc1. The zero-order valence-electron chi connectivity index (χ0n) is 10.9. The van der Waals surface area contributed by atoms with Gasteiger partial charge in [-0.25, -0.2) is 0 Å². The van der Waals surface area contributed by atoms with E-state index in [0.29, 0.717) is 16.4 Å². The molecule has 0 aliphatic carbocycles. The zero-order valence-corrected chi connectivity index (χ0v) is 11.6. The van der Waals surface area contributed by atoms with Crippen LogP contribution in [-0.4, -0.2) is 10.9 Å². The largest absolute Gasteiger partial charge is 0.359 e. The lowest BCUT2D eigenvalue weighted by atomic mass is 10.2. The second kappa shape index (κ2) is 7.08. The fraction of sp³-hybridized carbons (Fsp3) is 0. The van der Waals surface area contributed by atoms with Crippen LogP contribution in [0.25, 0.3) is 0 Å². The van der Waals surface area contributed by atoms with E-state index in [9.17, 15) is 4.79 Å². The fourth-order valence-corrected chi connectivity index (χ4v) is 1.61. The summed E-state index contributed by atoms with van der Waals surface area (Å²) in [6.45, 7) is 0. The van der Waals surface area contributed by atoms with E-state index in [1.807, 2.05) is 6.07 Å². The molecule has 1 aromatic carbocycles. The number of halogens is 1. The molecule has 0 radical (unpaired) electrons. The molecule has 0 spiro atoms. The van der Waals surface area contributed by atoms with Crippen LogP contribution in [0.1, 0.15) is 0 Å². The van der Waals surface area contributed by atoms with Crippen molar-refractivity contribution in [1.29, 1.82) is 5.26 Å². The van der Waals surface area contributed by atoms with Crippen molar-refractivity contribution >= 4 is 28.9 Å². The van der Waals surface area contributed by atoms with Crippen LogP contribution in [0.15, 0.2) is 60.6 Å². The van der Waals surface area contributed by atoms with Gasteiger partial charge in [0.25, 0.3) is 5.91 Å². The first-order valence-corrected chi connectivity index (χ1v) is 6.40. The predicted octanol–water partition coefficient (Wildman–Crippen LogP) is 3.19. The molecule has 0 unspecified atom stereocenters. The van der Waals surface area contributed by atoms with Gasteiger partial charge in [-0.15, -0.1) is 0 Å². The number of hydrogen-bond acceptors (Lipinski definition) is 4. The minimum Gasteiger partial charge on any atom is -0.359 e. The van der Waals surface area contributed by atoms with Gasteiger partial charge < -0.3 is 10.6 Å². The lowest BCUT2D eigenvalue weighted by molar-refractivity contribution is -0.112. The number of nitrogens with one attached hydrogen (secondary N) is 2. The topological polar surface area (TPSA) is 77.8 Å². The number of hydrogen-bond donors (Lipinski definition) is 2. The van der Waals surface area contributed by atoms with Crippen molar-refractivity contribution in [3.63, 3.8) is 0 Å². The minimum atomic E-state index is -0.504. The summed E-state index contributed by atoms with van der Waals surface area (Å²) in [5, 5.41) is 15.1. The average molecular weight is 299 g/mol. The molecule has 0 aliphatic heterocycles. The van der Waals surface area contributed by atoms with Crippen LogP contribution >= 0.6 is 11.6 Å². The molecule has 1 amide bonds. The first-order valence-electron chi connectivity index (χ1n) is 6.03. The van der Waals surface area contributed by atoms with E-state index in [2.05, 4.69) is 15.6 Å². The van der Waals surface area contributed by atoms with Crippen molar-refractivity contribution in [2.24, 2.45) is 0 Å². The van der Waals surface area contributed by atoms with Gasteiger partial charge in [0, 0.05) is 23.1 Å². The molecule has 21 heavy (non-hydrogen) atoms. The quantitative estimate of drug-likeness (QED) is 0.671. The highest BCUT2D eigenvalue weighted by Crippen LogP contribution is 2.14. The standard InChI is InChI=1S/C15H11ClN4O/c16-12-3-5-13(6-4-12)20-15(21)11(8-17)9-19-14-2-1-7-18-10-14/h1-7,9-10,19H,(H,20,21)/b11-9-. The molecular formula is C15H11ClN4O. The first kappa shape index (κ1) is 14.6. The van der Waals surface area contributed by atoms with Gasteiger partial charge in [-0.2, -0.15) is 5.26 Å². The molecule has 2 N–H and O–H groups in total. The maximum Gasteiger partial charge on any atom is 0.267 e. The summed E-state index contributed by atoms with van der Waals surface area (Å²) in [6.07, 6.45) is 4.55. The smallest absolute Gasteiger partial charge is 0.267 e. The number of aromatic nitrogens is 1. The molecular weight excluding hydrogens is 288 g/mol. The number of amides is 1. The summed E-state index contributed by atoms with van der Waals surface area (Å²) in [5.74, 6) is -0.504. The van der Waals surface area contributed by atoms with E-state index in [4.69, 9.17) is 16.9 Å². The predicted molar refractivity (Wildman–Crippen MR) is 81.6 cm³/mol. The molecule has 0 saturated carbocycles. The Labute approximate surface area is 126 Å². The maximum absolute atomic E-state index is 12.0. The van der Waals surface area contributed by atoms with Gasteiger partial charge in [-0.05, 0) is 36.4 Å². The second-order valence-electron chi connectivity index (χ2n) is 4.02. The van der Waals surface area contributed by atoms with Crippen LogP contribution in [0.2, 0.25) is 5.02 Å². The Morgan fingerprint density at radius 1 is 1.24 bits per heavy atom. The van der Waals surface area contributed by atoms with Crippen molar-refractivity contribution in [2.45, 2.75) is 0 Å². The number of carbonyl (C=O) groups is 1. The molecule has 0 saturated heterocycles. The number of benzene rings is 1. The average Bonchev–Trinajstić information content (AvgIpc) is 2.51. The summed E-state index contributed by atoms with van der Waals surface area (Å²) in [4.78, 5) is 15.9.